The zero-order valence-corrected chi connectivity index (χ0v) is 14.2. The van der Waals surface area contributed by atoms with E-state index in [-0.39, 0.29) is 5.97 Å². The second kappa shape index (κ2) is 10.6. The maximum absolute atomic E-state index is 11.5. The zero-order chi connectivity index (χ0) is 17.1. The van der Waals surface area contributed by atoms with E-state index in [1.807, 2.05) is 62.4 Å². The van der Waals surface area contributed by atoms with E-state index in [1.54, 1.807) is 0 Å². The molecular formula is C20H27NO2. The molecule has 3 nitrogen and oxygen atoms in total. The molecule has 0 amide bonds. The first-order valence-electron chi connectivity index (χ1n) is 7.97. The van der Waals surface area contributed by atoms with Crippen LogP contribution in [0.5, 0.6) is 0 Å². The van der Waals surface area contributed by atoms with Gasteiger partial charge in [0.15, 0.2) is 0 Å². The highest BCUT2D eigenvalue weighted by Gasteiger charge is 2.16. The van der Waals surface area contributed by atoms with Gasteiger partial charge in [-0.15, -0.1) is 0 Å². The van der Waals surface area contributed by atoms with Crippen LogP contribution in [0.4, 0.5) is 0 Å². The van der Waals surface area contributed by atoms with Crippen LogP contribution in [0.2, 0.25) is 0 Å². The van der Waals surface area contributed by atoms with E-state index in [0.717, 1.165) is 5.56 Å². The summed E-state index contributed by atoms with van der Waals surface area (Å²) >= 11 is 0. The topological polar surface area (TPSA) is 52.3 Å². The molecule has 0 bridgehead atoms. The highest BCUT2D eigenvalue weighted by atomic mass is 16.5. The Morgan fingerprint density at radius 2 is 1.52 bits per heavy atom. The van der Waals surface area contributed by atoms with Crippen molar-refractivity contribution < 1.29 is 9.53 Å². The van der Waals surface area contributed by atoms with Gasteiger partial charge in [0, 0.05) is 0 Å². The Morgan fingerprint density at radius 1 is 1.00 bits per heavy atom. The normalized spacial score (nSPS) is 11.3. The van der Waals surface area contributed by atoms with Crippen molar-refractivity contribution in [2.75, 3.05) is 0 Å². The van der Waals surface area contributed by atoms with Crippen LogP contribution in [0.15, 0.2) is 60.7 Å². The van der Waals surface area contributed by atoms with Crippen molar-refractivity contribution in [2.24, 2.45) is 11.7 Å². The van der Waals surface area contributed by atoms with Gasteiger partial charge in [-0.3, -0.25) is 4.79 Å². The summed E-state index contributed by atoms with van der Waals surface area (Å²) in [5.74, 6) is 0.0804. The van der Waals surface area contributed by atoms with E-state index >= 15 is 0 Å². The van der Waals surface area contributed by atoms with Crippen LogP contribution in [0.1, 0.15) is 31.4 Å². The lowest BCUT2D eigenvalue weighted by molar-refractivity contribution is -0.146. The molecule has 2 N–H and O–H groups in total. The summed E-state index contributed by atoms with van der Waals surface area (Å²) in [6, 6.07) is 19.3. The summed E-state index contributed by atoms with van der Waals surface area (Å²) in [7, 11) is 0. The molecule has 0 spiro atoms. The summed E-state index contributed by atoms with van der Waals surface area (Å²) in [6.45, 7) is 6.44. The van der Waals surface area contributed by atoms with Gasteiger partial charge in [-0.25, -0.2) is 0 Å². The molecule has 0 saturated heterocycles. The Morgan fingerprint density at radius 3 is 1.96 bits per heavy atom. The Bertz CT molecular complexity index is 552. The number of ether oxygens (including phenoxy) is 1. The summed E-state index contributed by atoms with van der Waals surface area (Å²) in [6.07, 6.45) is 0.660. The molecule has 124 valence electrons. The van der Waals surface area contributed by atoms with E-state index < -0.39 is 6.04 Å². The summed E-state index contributed by atoms with van der Waals surface area (Å²) in [5, 5.41) is 0. The van der Waals surface area contributed by atoms with Crippen LogP contribution in [-0.4, -0.2) is 12.0 Å². The minimum absolute atomic E-state index is 0.297. The maximum atomic E-state index is 11.5. The minimum atomic E-state index is -0.510. The molecule has 0 fully saturated rings. The van der Waals surface area contributed by atoms with Gasteiger partial charge in [-0.2, -0.15) is 0 Å². The highest BCUT2D eigenvalue weighted by molar-refractivity contribution is 5.75. The van der Waals surface area contributed by atoms with Gasteiger partial charge in [0.2, 0.25) is 0 Å². The predicted molar refractivity (Wildman–Crippen MR) is 94.8 cm³/mol. The molecule has 0 aromatic heterocycles. The summed E-state index contributed by atoms with van der Waals surface area (Å²) in [5.41, 5.74) is 8.01. The second-order valence-electron chi connectivity index (χ2n) is 5.98. The Hall–Kier alpha value is -2.13. The number of carbonyl (C=O) groups is 1. The van der Waals surface area contributed by atoms with Gasteiger partial charge in [-0.1, -0.05) is 80.1 Å². The first-order chi connectivity index (χ1) is 11.0. The quantitative estimate of drug-likeness (QED) is 0.846. The molecule has 3 heteroatoms. The fourth-order valence-corrected chi connectivity index (χ4v) is 1.97. The molecule has 2 aromatic carbocycles. The number of aryl methyl sites for hydroxylation is 1. The van der Waals surface area contributed by atoms with Gasteiger partial charge in [0.25, 0.3) is 0 Å². The van der Waals surface area contributed by atoms with E-state index in [9.17, 15) is 4.79 Å². The minimum Gasteiger partial charge on any atom is -0.460 e. The SMILES string of the molecule is CC(C)C[C@H](N)C(=O)OCc1ccccc1.Cc1ccccc1. The van der Waals surface area contributed by atoms with Crippen molar-refractivity contribution in [3.05, 3.63) is 71.8 Å². The number of benzene rings is 2. The van der Waals surface area contributed by atoms with Crippen LogP contribution >= 0.6 is 0 Å². The van der Waals surface area contributed by atoms with Crippen molar-refractivity contribution >= 4 is 5.97 Å². The first-order valence-corrected chi connectivity index (χ1v) is 7.97. The third kappa shape index (κ3) is 8.79. The van der Waals surface area contributed by atoms with Gasteiger partial charge in [0.05, 0.1) is 0 Å². The first kappa shape index (κ1) is 18.9. The monoisotopic (exact) mass is 313 g/mol. The lowest BCUT2D eigenvalue weighted by atomic mass is 10.1. The Balaban J connectivity index is 0.000000313. The third-order valence-electron chi connectivity index (χ3n) is 3.19. The van der Waals surface area contributed by atoms with Gasteiger partial charge >= 0.3 is 5.97 Å². The van der Waals surface area contributed by atoms with E-state index in [2.05, 4.69) is 19.1 Å². The van der Waals surface area contributed by atoms with Crippen molar-refractivity contribution in [2.45, 2.75) is 39.8 Å². The second-order valence-corrected chi connectivity index (χ2v) is 5.98. The number of hydrogen-bond donors (Lipinski definition) is 1. The van der Waals surface area contributed by atoms with Crippen molar-refractivity contribution in [1.29, 1.82) is 0 Å². The molecule has 2 rings (SSSR count). The summed E-state index contributed by atoms with van der Waals surface area (Å²) < 4.78 is 5.13. The largest absolute Gasteiger partial charge is 0.460 e. The molecule has 0 aliphatic carbocycles. The van der Waals surface area contributed by atoms with Crippen LogP contribution in [0.25, 0.3) is 0 Å². The number of rotatable bonds is 5. The molecule has 0 radical (unpaired) electrons. The number of carbonyl (C=O) groups excluding carboxylic acids is 1. The Kier molecular flexibility index (Phi) is 8.70. The zero-order valence-electron chi connectivity index (χ0n) is 14.2. The fraction of sp³-hybridized carbons (Fsp3) is 0.350. The standard InChI is InChI=1S/C13H19NO2.C7H8/c1-10(2)8-12(14)13(15)16-9-11-6-4-3-5-7-11;1-7-5-3-2-4-6-7/h3-7,10,12H,8-9,14H2,1-2H3;2-6H,1H3/t12-;/m0./s1. The highest BCUT2D eigenvalue weighted by Crippen LogP contribution is 2.06. The summed E-state index contributed by atoms with van der Waals surface area (Å²) in [4.78, 5) is 11.5. The molecule has 0 unspecified atom stereocenters. The van der Waals surface area contributed by atoms with Crippen molar-refractivity contribution in [3.63, 3.8) is 0 Å². The van der Waals surface area contributed by atoms with Crippen LogP contribution in [0.3, 0.4) is 0 Å². The van der Waals surface area contributed by atoms with Crippen LogP contribution in [-0.2, 0) is 16.1 Å². The molecule has 2 aromatic rings. The number of nitrogens with two attached hydrogens (primary N) is 1. The third-order valence-corrected chi connectivity index (χ3v) is 3.19. The predicted octanol–water partition coefficient (Wildman–Crippen LogP) is 4.10. The van der Waals surface area contributed by atoms with Gasteiger partial charge in [-0.05, 0) is 24.8 Å². The number of esters is 1. The van der Waals surface area contributed by atoms with Gasteiger partial charge in [0.1, 0.15) is 12.6 Å². The molecule has 0 aliphatic rings. The maximum Gasteiger partial charge on any atom is 0.323 e. The van der Waals surface area contributed by atoms with Gasteiger partial charge < -0.3 is 10.5 Å². The fourth-order valence-electron chi connectivity index (χ4n) is 1.97. The van der Waals surface area contributed by atoms with Crippen molar-refractivity contribution in [3.8, 4) is 0 Å². The van der Waals surface area contributed by atoms with Crippen LogP contribution < -0.4 is 5.73 Å². The van der Waals surface area contributed by atoms with E-state index in [1.165, 1.54) is 5.56 Å². The molecular weight excluding hydrogens is 286 g/mol. The lowest BCUT2D eigenvalue weighted by Gasteiger charge is -2.13. The van der Waals surface area contributed by atoms with E-state index in [4.69, 9.17) is 10.5 Å². The van der Waals surface area contributed by atoms with Crippen LogP contribution in [0, 0.1) is 12.8 Å². The molecule has 0 heterocycles. The average Bonchev–Trinajstić information content (AvgIpc) is 2.54. The molecule has 23 heavy (non-hydrogen) atoms. The molecule has 1 atom stereocenters. The number of hydrogen-bond acceptors (Lipinski definition) is 3. The Labute approximate surface area is 139 Å². The molecule has 0 saturated carbocycles. The molecule has 0 aliphatic heterocycles. The average molecular weight is 313 g/mol. The van der Waals surface area contributed by atoms with Crippen molar-refractivity contribution in [1.82, 2.24) is 0 Å². The van der Waals surface area contributed by atoms with E-state index in [0.29, 0.717) is 18.9 Å². The lowest BCUT2D eigenvalue weighted by Crippen LogP contribution is -2.33. The smallest absolute Gasteiger partial charge is 0.323 e.